The topological polar surface area (TPSA) is 38.8 Å². The van der Waals surface area contributed by atoms with Crippen molar-refractivity contribution in [2.24, 2.45) is 5.92 Å². The molecule has 1 unspecified atom stereocenters. The van der Waals surface area contributed by atoms with Gasteiger partial charge < -0.3 is 14.4 Å². The highest BCUT2D eigenvalue weighted by Gasteiger charge is 2.19. The highest BCUT2D eigenvalue weighted by molar-refractivity contribution is 5.68. The molecule has 4 nitrogen and oxygen atoms in total. The van der Waals surface area contributed by atoms with Crippen LogP contribution < -0.4 is 4.74 Å². The van der Waals surface area contributed by atoms with Crippen molar-refractivity contribution >= 4 is 6.09 Å². The molecule has 1 aliphatic heterocycles. The molecule has 0 N–H and O–H groups in total. The number of benzene rings is 2. The second kappa shape index (κ2) is 11.9. The summed E-state index contributed by atoms with van der Waals surface area (Å²) in [6.07, 6.45) is 5.81. The normalized spacial score (nSPS) is 16.0. The lowest BCUT2D eigenvalue weighted by molar-refractivity contribution is 0.0574. The summed E-state index contributed by atoms with van der Waals surface area (Å²) in [5.74, 6) is 1.44. The van der Waals surface area contributed by atoms with Gasteiger partial charge in [-0.05, 0) is 79.3 Å². The van der Waals surface area contributed by atoms with Crippen molar-refractivity contribution in [3.8, 4) is 16.9 Å². The molecule has 0 radical (unpaired) electrons. The van der Waals surface area contributed by atoms with E-state index in [9.17, 15) is 4.79 Å². The van der Waals surface area contributed by atoms with E-state index in [1.807, 2.05) is 11.8 Å². The zero-order chi connectivity index (χ0) is 22.9. The van der Waals surface area contributed by atoms with Crippen molar-refractivity contribution in [2.45, 2.75) is 72.3 Å². The summed E-state index contributed by atoms with van der Waals surface area (Å²) in [5, 5.41) is 0. The van der Waals surface area contributed by atoms with Crippen LogP contribution in [0.3, 0.4) is 0 Å². The fraction of sp³-hybridized carbons (Fsp3) is 0.536. The maximum Gasteiger partial charge on any atom is 0.410 e. The molecule has 0 bridgehead atoms. The van der Waals surface area contributed by atoms with Crippen LogP contribution in [-0.2, 0) is 17.6 Å². The summed E-state index contributed by atoms with van der Waals surface area (Å²) in [4.78, 5) is 14.5. The molecule has 4 heteroatoms. The smallest absolute Gasteiger partial charge is 0.410 e. The number of nitrogens with zero attached hydrogens (tertiary/aromatic N) is 1. The molecule has 0 spiro atoms. The van der Waals surface area contributed by atoms with Gasteiger partial charge in [-0.3, -0.25) is 0 Å². The van der Waals surface area contributed by atoms with Crippen LogP contribution in [0.15, 0.2) is 42.5 Å². The number of carbonyl (C=O) groups excluding carboxylic acids is 1. The Morgan fingerprint density at radius 3 is 2.47 bits per heavy atom. The minimum Gasteiger partial charge on any atom is -0.491 e. The molecule has 32 heavy (non-hydrogen) atoms. The average molecular weight is 438 g/mol. The van der Waals surface area contributed by atoms with Crippen molar-refractivity contribution in [1.29, 1.82) is 0 Å². The maximum atomic E-state index is 12.7. The Kier molecular flexibility index (Phi) is 9.01. The summed E-state index contributed by atoms with van der Waals surface area (Å²) in [6, 6.07) is 15.3. The number of aryl methyl sites for hydroxylation is 2. The van der Waals surface area contributed by atoms with Gasteiger partial charge in [-0.15, -0.1) is 0 Å². The molecule has 3 rings (SSSR count). The highest BCUT2D eigenvalue weighted by Crippen LogP contribution is 2.29. The number of hydrogen-bond acceptors (Lipinski definition) is 3. The summed E-state index contributed by atoms with van der Waals surface area (Å²) in [5.41, 5.74) is 5.08. The summed E-state index contributed by atoms with van der Waals surface area (Å²) >= 11 is 0. The zero-order valence-corrected chi connectivity index (χ0v) is 20.2. The lowest BCUT2D eigenvalue weighted by atomic mass is 9.98. The molecule has 1 heterocycles. The maximum absolute atomic E-state index is 12.7. The predicted octanol–water partition coefficient (Wildman–Crippen LogP) is 6.89. The molecule has 0 aliphatic carbocycles. The number of amides is 1. The molecule has 1 aliphatic rings. The van der Waals surface area contributed by atoms with E-state index in [0.717, 1.165) is 50.8 Å². The van der Waals surface area contributed by atoms with Crippen molar-refractivity contribution in [1.82, 2.24) is 4.90 Å². The third-order valence-corrected chi connectivity index (χ3v) is 6.11. The van der Waals surface area contributed by atoms with Crippen LogP contribution in [0.1, 0.15) is 64.5 Å². The summed E-state index contributed by atoms with van der Waals surface area (Å²) in [6.45, 7) is 10.2. The van der Waals surface area contributed by atoms with E-state index in [1.54, 1.807) is 0 Å². The van der Waals surface area contributed by atoms with E-state index < -0.39 is 0 Å². The van der Waals surface area contributed by atoms with Crippen LogP contribution >= 0.6 is 0 Å². The molecule has 2 aromatic carbocycles. The van der Waals surface area contributed by atoms with Gasteiger partial charge in [-0.25, -0.2) is 4.79 Å². The second-order valence-corrected chi connectivity index (χ2v) is 9.34. The van der Waals surface area contributed by atoms with Crippen LogP contribution in [0.4, 0.5) is 4.79 Å². The molecular weight excluding hydrogens is 398 g/mol. The number of fused-ring (bicyclic) bond motifs is 1. The van der Waals surface area contributed by atoms with E-state index in [0.29, 0.717) is 19.1 Å². The molecule has 0 saturated heterocycles. The average Bonchev–Trinajstić information content (AvgIpc) is 2.82. The molecule has 174 valence electrons. The minimum atomic E-state index is -0.216. The first-order valence-electron chi connectivity index (χ1n) is 12.3. The van der Waals surface area contributed by atoms with Gasteiger partial charge in [0.2, 0.25) is 0 Å². The standard InChI is InChI=1S/C28H39NO3/c1-5-23-10-12-24(13-11-23)25-14-15-27-26(20-25)9-7-6-8-16-29(17-18-31-27)28(30)32-22(4)19-21(2)3/h10-15,20-22H,5-9,16-19H2,1-4H3. The Morgan fingerprint density at radius 1 is 1.00 bits per heavy atom. The second-order valence-electron chi connectivity index (χ2n) is 9.34. The number of ether oxygens (including phenoxy) is 2. The minimum absolute atomic E-state index is 0.0628. The Bertz CT molecular complexity index is 859. The fourth-order valence-corrected chi connectivity index (χ4v) is 4.34. The van der Waals surface area contributed by atoms with Gasteiger partial charge in [-0.1, -0.05) is 57.5 Å². The van der Waals surface area contributed by atoms with Crippen LogP contribution in [0.5, 0.6) is 5.75 Å². The Balaban J connectivity index is 1.67. The molecule has 2 aromatic rings. The zero-order valence-electron chi connectivity index (χ0n) is 20.2. The Morgan fingerprint density at radius 2 is 1.75 bits per heavy atom. The molecule has 0 saturated carbocycles. The predicted molar refractivity (Wildman–Crippen MR) is 131 cm³/mol. The van der Waals surface area contributed by atoms with Gasteiger partial charge in [0.05, 0.1) is 6.54 Å². The molecule has 0 aromatic heterocycles. The monoisotopic (exact) mass is 437 g/mol. The van der Waals surface area contributed by atoms with E-state index in [1.165, 1.54) is 22.3 Å². The van der Waals surface area contributed by atoms with Crippen LogP contribution in [0, 0.1) is 5.92 Å². The van der Waals surface area contributed by atoms with Crippen molar-refractivity contribution < 1.29 is 14.3 Å². The molecule has 0 fully saturated rings. The lowest BCUT2D eigenvalue weighted by Gasteiger charge is -2.25. The number of rotatable bonds is 5. The van der Waals surface area contributed by atoms with E-state index in [-0.39, 0.29) is 12.2 Å². The van der Waals surface area contributed by atoms with Gasteiger partial charge >= 0.3 is 6.09 Å². The Labute approximate surface area is 193 Å². The quantitative estimate of drug-likeness (QED) is 0.511. The third kappa shape index (κ3) is 7.01. The van der Waals surface area contributed by atoms with E-state index >= 15 is 0 Å². The molecular formula is C28H39NO3. The SMILES string of the molecule is CCc1ccc(-c2ccc3c(c2)CCCCCN(C(=O)OC(C)CC(C)C)CCO3)cc1. The van der Waals surface area contributed by atoms with Crippen molar-refractivity contribution in [3.63, 3.8) is 0 Å². The van der Waals surface area contributed by atoms with Crippen LogP contribution in [0.2, 0.25) is 0 Å². The van der Waals surface area contributed by atoms with Crippen molar-refractivity contribution in [3.05, 3.63) is 53.6 Å². The molecule has 1 atom stereocenters. The first-order valence-corrected chi connectivity index (χ1v) is 12.3. The van der Waals surface area contributed by atoms with E-state index in [4.69, 9.17) is 9.47 Å². The summed E-state index contributed by atoms with van der Waals surface area (Å²) < 4.78 is 11.8. The number of hydrogen-bond donors (Lipinski definition) is 0. The highest BCUT2D eigenvalue weighted by atomic mass is 16.6. The first kappa shape index (κ1) is 24.2. The van der Waals surface area contributed by atoms with Gasteiger partial charge in [0.15, 0.2) is 0 Å². The van der Waals surface area contributed by atoms with Crippen LogP contribution in [0.25, 0.3) is 11.1 Å². The van der Waals surface area contributed by atoms with Crippen molar-refractivity contribution in [2.75, 3.05) is 19.7 Å². The lowest BCUT2D eigenvalue weighted by Crippen LogP contribution is -2.37. The fourth-order valence-electron chi connectivity index (χ4n) is 4.34. The molecule has 1 amide bonds. The van der Waals surface area contributed by atoms with Gasteiger partial charge in [0.25, 0.3) is 0 Å². The third-order valence-electron chi connectivity index (χ3n) is 6.11. The van der Waals surface area contributed by atoms with Crippen LogP contribution in [-0.4, -0.2) is 36.8 Å². The Hall–Kier alpha value is -2.49. The van der Waals surface area contributed by atoms with Gasteiger partial charge in [-0.2, -0.15) is 0 Å². The summed E-state index contributed by atoms with van der Waals surface area (Å²) in [7, 11) is 0. The largest absolute Gasteiger partial charge is 0.491 e. The van der Waals surface area contributed by atoms with E-state index in [2.05, 4.69) is 63.2 Å². The van der Waals surface area contributed by atoms with Gasteiger partial charge in [0, 0.05) is 6.54 Å². The van der Waals surface area contributed by atoms with Gasteiger partial charge in [0.1, 0.15) is 18.5 Å². The number of carbonyl (C=O) groups is 1. The first-order chi connectivity index (χ1) is 15.5.